The molecule has 2 aromatic rings. The number of carbonyl (C=O) groups excluding carboxylic acids is 1. The highest BCUT2D eigenvalue weighted by atomic mass is 19.4. The minimum Gasteiger partial charge on any atom is -0.339 e. The average molecular weight is 334 g/mol. The van der Waals surface area contributed by atoms with Crippen molar-refractivity contribution >= 4 is 5.91 Å². The first-order valence-corrected chi connectivity index (χ1v) is 6.37. The van der Waals surface area contributed by atoms with Crippen LogP contribution in [-0.2, 0) is 4.79 Å². The minimum absolute atomic E-state index is 0.687. The number of rotatable bonds is 4. The Balaban J connectivity index is 2.30. The van der Waals surface area contributed by atoms with Crippen LogP contribution in [0.2, 0.25) is 0 Å². The van der Waals surface area contributed by atoms with Crippen LogP contribution in [0.15, 0.2) is 30.9 Å². The van der Waals surface area contributed by atoms with Crippen LogP contribution >= 0.6 is 0 Å². The number of nitrogens with zero attached hydrogens (tertiary/aromatic N) is 3. The highest BCUT2D eigenvalue weighted by Crippen LogP contribution is 2.34. The lowest BCUT2D eigenvalue weighted by atomic mass is 10.0. The molecule has 1 N–H and O–H groups in total. The summed E-state index contributed by atoms with van der Waals surface area (Å²) in [5, 5.41) is 5.31. The van der Waals surface area contributed by atoms with Crippen molar-refractivity contribution in [2.45, 2.75) is 25.2 Å². The molecule has 0 spiro atoms. The number of hydrogen-bond donors (Lipinski definition) is 1. The number of halogens is 5. The molecule has 0 bridgehead atoms. The molecule has 2 atom stereocenters. The molecule has 0 aliphatic heterocycles. The molecule has 2 unspecified atom stereocenters. The van der Waals surface area contributed by atoms with Gasteiger partial charge in [0.1, 0.15) is 18.7 Å². The van der Waals surface area contributed by atoms with Gasteiger partial charge in [0.25, 0.3) is 0 Å². The Hall–Kier alpha value is -2.52. The van der Waals surface area contributed by atoms with E-state index < -0.39 is 41.4 Å². The molecule has 0 radical (unpaired) electrons. The number of alkyl halides is 3. The smallest absolute Gasteiger partial charge is 0.339 e. The Labute approximate surface area is 127 Å². The van der Waals surface area contributed by atoms with Crippen molar-refractivity contribution in [3.05, 3.63) is 48.1 Å². The van der Waals surface area contributed by atoms with Crippen molar-refractivity contribution in [3.8, 4) is 0 Å². The first-order chi connectivity index (χ1) is 10.7. The Morgan fingerprint density at radius 3 is 2.57 bits per heavy atom. The molecule has 0 saturated carbocycles. The number of benzene rings is 1. The fraction of sp³-hybridized carbons (Fsp3) is 0.308. The summed E-state index contributed by atoms with van der Waals surface area (Å²) in [5.41, 5.74) is -1.00. The summed E-state index contributed by atoms with van der Waals surface area (Å²) in [5.74, 6) is -4.17. The largest absolute Gasteiger partial charge is 0.412 e. The van der Waals surface area contributed by atoms with Gasteiger partial charge in [0.2, 0.25) is 5.91 Å². The van der Waals surface area contributed by atoms with Crippen molar-refractivity contribution in [2.75, 3.05) is 0 Å². The van der Waals surface area contributed by atoms with Gasteiger partial charge in [0.15, 0.2) is 17.7 Å². The number of aromatic nitrogens is 3. The van der Waals surface area contributed by atoms with Crippen molar-refractivity contribution in [1.82, 2.24) is 20.1 Å². The quantitative estimate of drug-likeness (QED) is 0.874. The average Bonchev–Trinajstić information content (AvgIpc) is 3.00. The predicted molar refractivity (Wildman–Crippen MR) is 68.0 cm³/mol. The Bertz CT molecular complexity index is 686. The van der Waals surface area contributed by atoms with E-state index in [-0.39, 0.29) is 0 Å². The second kappa shape index (κ2) is 6.31. The molecule has 0 aliphatic rings. The molecule has 2 rings (SSSR count). The maximum atomic E-state index is 13.7. The molecule has 124 valence electrons. The molecule has 10 heteroatoms. The van der Waals surface area contributed by atoms with Gasteiger partial charge in [-0.1, -0.05) is 12.1 Å². The van der Waals surface area contributed by atoms with Crippen molar-refractivity contribution < 1.29 is 26.7 Å². The van der Waals surface area contributed by atoms with E-state index >= 15 is 0 Å². The standard InChI is InChI=1S/C13H11F5N4O/c1-7(22-6-19-5-20-22)12(23)21-11(13(16,17)18)8-3-2-4-9(14)10(8)15/h2-7,11H,1H3,(H,21,23). The molecule has 1 aromatic heterocycles. The van der Waals surface area contributed by atoms with Gasteiger partial charge >= 0.3 is 6.18 Å². The Kier molecular flexibility index (Phi) is 4.62. The van der Waals surface area contributed by atoms with E-state index in [4.69, 9.17) is 0 Å². The molecule has 0 aliphatic carbocycles. The van der Waals surface area contributed by atoms with Crippen LogP contribution in [0.25, 0.3) is 0 Å². The van der Waals surface area contributed by atoms with Crippen LogP contribution in [0.1, 0.15) is 24.6 Å². The third kappa shape index (κ3) is 3.63. The summed E-state index contributed by atoms with van der Waals surface area (Å²) in [4.78, 5) is 15.5. The van der Waals surface area contributed by atoms with Gasteiger partial charge in [-0.2, -0.15) is 18.3 Å². The fourth-order valence-electron chi connectivity index (χ4n) is 1.88. The fourth-order valence-corrected chi connectivity index (χ4v) is 1.88. The highest BCUT2D eigenvalue weighted by molar-refractivity contribution is 5.80. The summed E-state index contributed by atoms with van der Waals surface area (Å²) in [6, 6.07) is -1.42. The van der Waals surface area contributed by atoms with Gasteiger partial charge in [-0.05, 0) is 13.0 Å². The molecule has 1 heterocycles. The van der Waals surface area contributed by atoms with Gasteiger partial charge in [-0.15, -0.1) is 0 Å². The summed E-state index contributed by atoms with van der Waals surface area (Å²) in [6.45, 7) is 1.29. The summed E-state index contributed by atoms with van der Waals surface area (Å²) in [6.07, 6.45) is -2.75. The number of carbonyl (C=O) groups is 1. The zero-order chi connectivity index (χ0) is 17.2. The van der Waals surface area contributed by atoms with Gasteiger partial charge < -0.3 is 5.32 Å². The van der Waals surface area contributed by atoms with E-state index in [1.165, 1.54) is 6.92 Å². The van der Waals surface area contributed by atoms with Gasteiger partial charge in [-0.25, -0.2) is 18.4 Å². The monoisotopic (exact) mass is 334 g/mol. The second-order valence-corrected chi connectivity index (χ2v) is 4.68. The van der Waals surface area contributed by atoms with Crippen molar-refractivity contribution in [3.63, 3.8) is 0 Å². The van der Waals surface area contributed by atoms with Crippen LogP contribution in [0.3, 0.4) is 0 Å². The van der Waals surface area contributed by atoms with Crippen LogP contribution in [0.5, 0.6) is 0 Å². The topological polar surface area (TPSA) is 59.8 Å². The van der Waals surface area contributed by atoms with Crippen LogP contribution in [0, 0.1) is 11.6 Å². The molecular weight excluding hydrogens is 323 g/mol. The summed E-state index contributed by atoms with van der Waals surface area (Å²) in [7, 11) is 0. The number of hydrogen-bond acceptors (Lipinski definition) is 3. The Morgan fingerprint density at radius 2 is 2.00 bits per heavy atom. The second-order valence-electron chi connectivity index (χ2n) is 4.68. The van der Waals surface area contributed by atoms with Gasteiger partial charge in [0, 0.05) is 5.56 Å². The molecule has 1 aromatic carbocycles. The first kappa shape index (κ1) is 16.8. The zero-order valence-electron chi connectivity index (χ0n) is 11.7. The third-order valence-corrected chi connectivity index (χ3v) is 3.12. The van der Waals surface area contributed by atoms with Crippen molar-refractivity contribution in [1.29, 1.82) is 0 Å². The third-order valence-electron chi connectivity index (χ3n) is 3.12. The summed E-state index contributed by atoms with van der Waals surface area (Å²) < 4.78 is 67.3. The summed E-state index contributed by atoms with van der Waals surface area (Å²) >= 11 is 0. The van der Waals surface area contributed by atoms with Crippen LogP contribution < -0.4 is 5.32 Å². The lowest BCUT2D eigenvalue weighted by Gasteiger charge is -2.24. The normalized spacial score (nSPS) is 14.3. The van der Waals surface area contributed by atoms with E-state index in [1.807, 2.05) is 0 Å². The SMILES string of the molecule is CC(C(=O)NC(c1cccc(F)c1F)C(F)(F)F)n1cncn1. The Morgan fingerprint density at radius 1 is 1.30 bits per heavy atom. The minimum atomic E-state index is -5.01. The number of nitrogens with one attached hydrogen (secondary N) is 1. The van der Waals surface area contributed by atoms with Crippen LogP contribution in [-0.4, -0.2) is 26.8 Å². The van der Waals surface area contributed by atoms with E-state index in [9.17, 15) is 26.7 Å². The first-order valence-electron chi connectivity index (χ1n) is 6.37. The highest BCUT2D eigenvalue weighted by Gasteiger charge is 2.44. The molecule has 0 fully saturated rings. The predicted octanol–water partition coefficient (Wildman–Crippen LogP) is 2.54. The maximum Gasteiger partial charge on any atom is 0.412 e. The van der Waals surface area contributed by atoms with Gasteiger partial charge in [-0.3, -0.25) is 4.79 Å². The van der Waals surface area contributed by atoms with Gasteiger partial charge in [0.05, 0.1) is 0 Å². The number of amides is 1. The lowest BCUT2D eigenvalue weighted by Crippen LogP contribution is -2.41. The van der Waals surface area contributed by atoms with E-state index in [0.717, 1.165) is 29.5 Å². The zero-order valence-corrected chi connectivity index (χ0v) is 11.7. The lowest BCUT2D eigenvalue weighted by molar-refractivity contribution is -0.165. The van der Waals surface area contributed by atoms with Crippen LogP contribution in [0.4, 0.5) is 22.0 Å². The molecule has 0 saturated heterocycles. The van der Waals surface area contributed by atoms with E-state index in [1.54, 1.807) is 5.32 Å². The van der Waals surface area contributed by atoms with Crippen molar-refractivity contribution in [2.24, 2.45) is 0 Å². The molecule has 1 amide bonds. The molecule has 23 heavy (non-hydrogen) atoms. The van der Waals surface area contributed by atoms with E-state index in [2.05, 4.69) is 10.1 Å². The molecular formula is C13H11F5N4O. The van der Waals surface area contributed by atoms with E-state index in [0.29, 0.717) is 6.07 Å². The maximum absolute atomic E-state index is 13.7. The molecule has 5 nitrogen and oxygen atoms in total.